The van der Waals surface area contributed by atoms with Crippen LogP contribution in [0.25, 0.3) is 11.4 Å². The predicted molar refractivity (Wildman–Crippen MR) is 87.8 cm³/mol. The van der Waals surface area contributed by atoms with Crippen molar-refractivity contribution in [3.63, 3.8) is 0 Å². The Morgan fingerprint density at radius 2 is 2.26 bits per heavy atom. The molecule has 0 spiro atoms. The summed E-state index contributed by atoms with van der Waals surface area (Å²) in [6.07, 6.45) is 8.52. The Bertz CT molecular complexity index is 681. The maximum absolute atomic E-state index is 11.6. The maximum Gasteiger partial charge on any atom is 0.219 e. The van der Waals surface area contributed by atoms with Gasteiger partial charge in [-0.2, -0.15) is 5.10 Å². The van der Waals surface area contributed by atoms with Crippen molar-refractivity contribution >= 4 is 5.91 Å². The van der Waals surface area contributed by atoms with E-state index in [-0.39, 0.29) is 11.8 Å². The van der Waals surface area contributed by atoms with Crippen molar-refractivity contribution < 1.29 is 4.79 Å². The number of hydrogen-bond acceptors (Lipinski definition) is 4. The van der Waals surface area contributed by atoms with Gasteiger partial charge in [-0.05, 0) is 25.3 Å². The summed E-state index contributed by atoms with van der Waals surface area (Å²) in [5.41, 5.74) is 2.83. The van der Waals surface area contributed by atoms with Gasteiger partial charge in [0.25, 0.3) is 0 Å². The number of rotatable bonds is 4. The van der Waals surface area contributed by atoms with Crippen LogP contribution in [0.5, 0.6) is 0 Å². The lowest BCUT2D eigenvalue weighted by Gasteiger charge is -2.31. The lowest BCUT2D eigenvalue weighted by molar-refractivity contribution is -0.130. The molecule has 0 N–H and O–H groups in total. The lowest BCUT2D eigenvalue weighted by Crippen LogP contribution is -2.37. The predicted octanol–water partition coefficient (Wildman–Crippen LogP) is 2.48. The van der Waals surface area contributed by atoms with Crippen molar-refractivity contribution in [2.45, 2.75) is 45.6 Å². The van der Waals surface area contributed by atoms with Crippen LogP contribution >= 0.6 is 0 Å². The molecule has 122 valence electrons. The topological polar surface area (TPSA) is 63.9 Å². The molecule has 2 aromatic heterocycles. The van der Waals surface area contributed by atoms with Crippen molar-refractivity contribution in [2.75, 3.05) is 13.1 Å². The third-order valence-corrected chi connectivity index (χ3v) is 4.35. The maximum atomic E-state index is 11.6. The molecule has 1 fully saturated rings. The fourth-order valence-corrected chi connectivity index (χ4v) is 3.15. The zero-order valence-electron chi connectivity index (χ0n) is 13.8. The Kier molecular flexibility index (Phi) is 4.69. The zero-order valence-corrected chi connectivity index (χ0v) is 13.8. The normalized spacial score (nSPS) is 18.2. The minimum atomic E-state index is 0.139. The fourth-order valence-electron chi connectivity index (χ4n) is 3.15. The van der Waals surface area contributed by atoms with Gasteiger partial charge in [-0.3, -0.25) is 14.5 Å². The van der Waals surface area contributed by atoms with Crippen LogP contribution in [-0.2, 0) is 11.3 Å². The first-order valence-electron chi connectivity index (χ1n) is 8.28. The van der Waals surface area contributed by atoms with E-state index in [1.807, 2.05) is 21.8 Å². The van der Waals surface area contributed by atoms with Crippen molar-refractivity contribution in [1.29, 1.82) is 0 Å². The molecular weight excluding hydrogens is 290 g/mol. The van der Waals surface area contributed by atoms with E-state index in [0.717, 1.165) is 56.0 Å². The van der Waals surface area contributed by atoms with E-state index >= 15 is 0 Å². The van der Waals surface area contributed by atoms with Gasteiger partial charge in [0.1, 0.15) is 5.69 Å². The van der Waals surface area contributed by atoms with Crippen molar-refractivity contribution in [1.82, 2.24) is 24.6 Å². The Morgan fingerprint density at radius 1 is 1.39 bits per heavy atom. The van der Waals surface area contributed by atoms with Gasteiger partial charge >= 0.3 is 0 Å². The van der Waals surface area contributed by atoms with E-state index < -0.39 is 0 Å². The number of amides is 1. The van der Waals surface area contributed by atoms with Crippen LogP contribution in [0.15, 0.2) is 24.7 Å². The Hall–Kier alpha value is -2.24. The molecule has 0 bridgehead atoms. The molecule has 3 heterocycles. The number of carbonyl (C=O) groups excluding carboxylic acids is 1. The molecule has 23 heavy (non-hydrogen) atoms. The quantitative estimate of drug-likeness (QED) is 0.870. The summed E-state index contributed by atoms with van der Waals surface area (Å²) < 4.78 is 1.97. The summed E-state index contributed by atoms with van der Waals surface area (Å²) in [6, 6.07) is 1.98. The van der Waals surface area contributed by atoms with E-state index in [9.17, 15) is 4.79 Å². The van der Waals surface area contributed by atoms with Crippen LogP contribution in [0.1, 0.15) is 44.7 Å². The Morgan fingerprint density at radius 3 is 3.04 bits per heavy atom. The van der Waals surface area contributed by atoms with Crippen LogP contribution in [-0.4, -0.2) is 43.6 Å². The number of nitrogens with zero attached hydrogens (tertiary/aromatic N) is 5. The van der Waals surface area contributed by atoms with E-state index in [4.69, 9.17) is 4.98 Å². The molecule has 0 saturated carbocycles. The van der Waals surface area contributed by atoms with E-state index in [1.165, 1.54) is 0 Å². The molecule has 1 saturated heterocycles. The molecule has 0 aliphatic carbocycles. The first-order chi connectivity index (χ1) is 11.2. The highest BCUT2D eigenvalue weighted by Crippen LogP contribution is 2.27. The van der Waals surface area contributed by atoms with Gasteiger partial charge in [0.2, 0.25) is 5.91 Å². The van der Waals surface area contributed by atoms with Crippen LogP contribution in [0.4, 0.5) is 0 Å². The van der Waals surface area contributed by atoms with Gasteiger partial charge in [0.05, 0.1) is 17.6 Å². The van der Waals surface area contributed by atoms with Crippen molar-refractivity contribution in [3.05, 3.63) is 30.4 Å². The highest BCUT2D eigenvalue weighted by molar-refractivity contribution is 5.73. The number of hydrogen-bond donors (Lipinski definition) is 0. The van der Waals surface area contributed by atoms with Crippen LogP contribution in [0.2, 0.25) is 0 Å². The molecule has 6 nitrogen and oxygen atoms in total. The average molecular weight is 313 g/mol. The number of piperidine rings is 1. The highest BCUT2D eigenvalue weighted by Gasteiger charge is 2.24. The molecular formula is C17H23N5O. The Labute approximate surface area is 136 Å². The van der Waals surface area contributed by atoms with E-state index in [2.05, 4.69) is 17.0 Å². The van der Waals surface area contributed by atoms with Crippen LogP contribution < -0.4 is 0 Å². The molecule has 1 atom stereocenters. The number of aryl methyl sites for hydroxylation is 1. The van der Waals surface area contributed by atoms with Gasteiger partial charge in [0.15, 0.2) is 0 Å². The first-order valence-corrected chi connectivity index (χ1v) is 8.28. The minimum Gasteiger partial charge on any atom is -0.342 e. The molecule has 1 amide bonds. The van der Waals surface area contributed by atoms with Crippen molar-refractivity contribution in [3.8, 4) is 11.4 Å². The van der Waals surface area contributed by atoms with Crippen LogP contribution in [0.3, 0.4) is 0 Å². The minimum absolute atomic E-state index is 0.139. The lowest BCUT2D eigenvalue weighted by atomic mass is 9.95. The Balaban J connectivity index is 1.85. The van der Waals surface area contributed by atoms with Crippen molar-refractivity contribution in [2.24, 2.45) is 0 Å². The third kappa shape index (κ3) is 3.41. The smallest absolute Gasteiger partial charge is 0.219 e. The fraction of sp³-hybridized carbons (Fsp3) is 0.529. The van der Waals surface area contributed by atoms with Gasteiger partial charge in [0, 0.05) is 44.9 Å². The molecule has 1 aliphatic rings. The SMILES string of the molecule is CCCn1nccc1-c1cncc([C@@H]2CCCN(C(C)=O)C2)n1. The van der Waals surface area contributed by atoms with E-state index in [1.54, 1.807) is 19.3 Å². The average Bonchev–Trinajstić information content (AvgIpc) is 3.04. The largest absolute Gasteiger partial charge is 0.342 e. The summed E-state index contributed by atoms with van der Waals surface area (Å²) >= 11 is 0. The second-order valence-corrected chi connectivity index (χ2v) is 6.07. The second kappa shape index (κ2) is 6.89. The number of aromatic nitrogens is 4. The first kappa shape index (κ1) is 15.6. The molecule has 6 heteroatoms. The molecule has 1 aliphatic heterocycles. The van der Waals surface area contributed by atoms with Crippen LogP contribution in [0, 0.1) is 0 Å². The molecule has 0 unspecified atom stereocenters. The summed E-state index contributed by atoms with van der Waals surface area (Å²) in [7, 11) is 0. The molecule has 0 radical (unpaired) electrons. The zero-order chi connectivity index (χ0) is 16.2. The van der Waals surface area contributed by atoms with Gasteiger partial charge in [-0.25, -0.2) is 4.98 Å². The summed E-state index contributed by atoms with van der Waals surface area (Å²) in [5.74, 6) is 0.405. The third-order valence-electron chi connectivity index (χ3n) is 4.35. The summed E-state index contributed by atoms with van der Waals surface area (Å²) in [6.45, 7) is 6.22. The molecule has 3 rings (SSSR count). The van der Waals surface area contributed by atoms with Gasteiger partial charge < -0.3 is 4.90 Å². The molecule has 0 aromatic carbocycles. The summed E-state index contributed by atoms with van der Waals surface area (Å²) in [5, 5.41) is 4.36. The van der Waals surface area contributed by atoms with Gasteiger partial charge in [-0.15, -0.1) is 0 Å². The summed E-state index contributed by atoms with van der Waals surface area (Å²) in [4.78, 5) is 22.7. The monoisotopic (exact) mass is 313 g/mol. The second-order valence-electron chi connectivity index (χ2n) is 6.07. The molecule has 2 aromatic rings. The van der Waals surface area contributed by atoms with Gasteiger partial charge in [-0.1, -0.05) is 6.92 Å². The van der Waals surface area contributed by atoms with E-state index in [0.29, 0.717) is 0 Å². The number of likely N-dealkylation sites (tertiary alicyclic amines) is 1. The highest BCUT2D eigenvalue weighted by atomic mass is 16.2. The standard InChI is InChI=1S/C17H23N5O/c1-3-8-22-17(6-7-19-22)16-11-18-10-15(20-16)14-5-4-9-21(12-14)13(2)23/h6-7,10-11,14H,3-5,8-9,12H2,1-2H3/t14-/m1/s1. The number of carbonyl (C=O) groups is 1.